The largest absolute Gasteiger partial charge is 0.336 e. The van der Waals surface area contributed by atoms with Crippen molar-refractivity contribution in [2.45, 2.75) is 32.9 Å². The molecule has 3 N–H and O–H groups in total. The maximum Gasteiger partial charge on any atom is 0.0946 e. The molecule has 0 spiro atoms. The molecule has 1 atom stereocenters. The summed E-state index contributed by atoms with van der Waals surface area (Å²) in [6, 6.07) is -0.0496. The highest BCUT2D eigenvalue weighted by Gasteiger charge is 2.20. The molecule has 2 aromatic rings. The Morgan fingerprint density at radius 3 is 2.79 bits per heavy atom. The molecule has 104 valence electrons. The van der Waals surface area contributed by atoms with Gasteiger partial charge in [0.05, 0.1) is 34.5 Å². The highest BCUT2D eigenvalue weighted by molar-refractivity contribution is 6.31. The number of aryl methyl sites for hydroxylation is 3. The number of nitrogens with zero attached hydrogens (tertiary/aromatic N) is 4. The fraction of sp³-hybridized carbons (Fsp3) is 0.500. The number of imidazole rings is 1. The van der Waals surface area contributed by atoms with Crippen LogP contribution in [0.2, 0.25) is 5.02 Å². The number of nitrogens with one attached hydrogen (secondary N) is 1. The predicted molar refractivity (Wildman–Crippen MR) is 74.6 cm³/mol. The fourth-order valence-electron chi connectivity index (χ4n) is 2.21. The van der Waals surface area contributed by atoms with E-state index in [1.165, 1.54) is 0 Å². The summed E-state index contributed by atoms with van der Waals surface area (Å²) in [7, 11) is 1.94. The van der Waals surface area contributed by atoms with Gasteiger partial charge in [-0.1, -0.05) is 11.6 Å². The summed E-state index contributed by atoms with van der Waals surface area (Å²) in [6.07, 6.45) is 4.23. The Kier molecular flexibility index (Phi) is 4.24. The van der Waals surface area contributed by atoms with E-state index in [1.807, 2.05) is 30.1 Å². The monoisotopic (exact) mass is 282 g/mol. The van der Waals surface area contributed by atoms with Crippen LogP contribution in [0.25, 0.3) is 0 Å². The summed E-state index contributed by atoms with van der Waals surface area (Å²) in [5, 5.41) is 5.13. The number of aromatic nitrogens is 4. The predicted octanol–water partition coefficient (Wildman–Crippen LogP) is 1.35. The van der Waals surface area contributed by atoms with Gasteiger partial charge in [0.25, 0.3) is 0 Å². The van der Waals surface area contributed by atoms with Crippen molar-refractivity contribution in [2.24, 2.45) is 12.9 Å². The summed E-state index contributed by atoms with van der Waals surface area (Å²) < 4.78 is 3.86. The second-order valence-electron chi connectivity index (χ2n) is 4.51. The Morgan fingerprint density at radius 2 is 2.26 bits per heavy atom. The molecule has 0 aliphatic heterocycles. The van der Waals surface area contributed by atoms with E-state index in [-0.39, 0.29) is 6.04 Å². The molecule has 2 heterocycles. The minimum Gasteiger partial charge on any atom is -0.336 e. The SMILES string of the molecule is CCn1nc(C)c(Cl)c1CC(NN)c1cncn1C. The summed E-state index contributed by atoms with van der Waals surface area (Å²) in [4.78, 5) is 4.11. The molecule has 0 saturated heterocycles. The molecule has 1 unspecified atom stereocenters. The van der Waals surface area contributed by atoms with Gasteiger partial charge < -0.3 is 4.57 Å². The van der Waals surface area contributed by atoms with E-state index in [2.05, 4.69) is 15.5 Å². The molecule has 0 aliphatic carbocycles. The average molecular weight is 283 g/mol. The summed E-state index contributed by atoms with van der Waals surface area (Å²) in [5.74, 6) is 5.67. The zero-order valence-electron chi connectivity index (χ0n) is 11.4. The second-order valence-corrected chi connectivity index (χ2v) is 4.89. The van der Waals surface area contributed by atoms with Gasteiger partial charge in [-0.3, -0.25) is 16.0 Å². The third-order valence-corrected chi connectivity index (χ3v) is 3.75. The van der Waals surface area contributed by atoms with Crippen LogP contribution in [0, 0.1) is 6.92 Å². The van der Waals surface area contributed by atoms with Crippen LogP contribution < -0.4 is 11.3 Å². The maximum atomic E-state index is 6.32. The van der Waals surface area contributed by atoms with Gasteiger partial charge in [0.2, 0.25) is 0 Å². The zero-order valence-corrected chi connectivity index (χ0v) is 12.1. The first kappa shape index (κ1) is 14.0. The topological polar surface area (TPSA) is 73.7 Å². The van der Waals surface area contributed by atoms with E-state index in [9.17, 15) is 0 Å². The van der Waals surface area contributed by atoms with Crippen LogP contribution in [0.15, 0.2) is 12.5 Å². The van der Waals surface area contributed by atoms with Crippen LogP contribution in [0.4, 0.5) is 0 Å². The number of nitrogens with two attached hydrogens (primary N) is 1. The first-order valence-corrected chi connectivity index (χ1v) is 6.60. The molecular formula is C12H19ClN6. The molecule has 0 saturated carbocycles. The smallest absolute Gasteiger partial charge is 0.0946 e. The van der Waals surface area contributed by atoms with Crippen molar-refractivity contribution in [1.29, 1.82) is 0 Å². The van der Waals surface area contributed by atoms with Gasteiger partial charge in [0.1, 0.15) is 0 Å². The van der Waals surface area contributed by atoms with E-state index in [0.29, 0.717) is 11.4 Å². The first-order valence-electron chi connectivity index (χ1n) is 6.22. The standard InChI is InChI=1S/C12H19ClN6/c1-4-19-10(12(13)8(2)17-19)5-9(16-14)11-6-15-7-18(11)3/h6-7,9,16H,4-5,14H2,1-3H3. The van der Waals surface area contributed by atoms with Crippen molar-refractivity contribution >= 4 is 11.6 Å². The molecule has 0 aliphatic rings. The van der Waals surface area contributed by atoms with Gasteiger partial charge in [-0.05, 0) is 13.8 Å². The Balaban J connectivity index is 2.31. The lowest BCUT2D eigenvalue weighted by molar-refractivity contribution is 0.495. The van der Waals surface area contributed by atoms with Crippen LogP contribution >= 0.6 is 11.6 Å². The molecule has 6 nitrogen and oxygen atoms in total. The molecular weight excluding hydrogens is 264 g/mol. The average Bonchev–Trinajstić information content (AvgIpc) is 2.93. The van der Waals surface area contributed by atoms with Gasteiger partial charge in [-0.15, -0.1) is 0 Å². The molecule has 2 rings (SSSR count). The molecule has 7 heteroatoms. The minimum absolute atomic E-state index is 0.0496. The molecule has 0 amide bonds. The maximum absolute atomic E-state index is 6.32. The second kappa shape index (κ2) is 5.73. The Morgan fingerprint density at radius 1 is 1.53 bits per heavy atom. The van der Waals surface area contributed by atoms with Crippen LogP contribution in [0.3, 0.4) is 0 Å². The highest BCUT2D eigenvalue weighted by atomic mass is 35.5. The van der Waals surface area contributed by atoms with Crippen molar-refractivity contribution in [2.75, 3.05) is 0 Å². The zero-order chi connectivity index (χ0) is 14.0. The van der Waals surface area contributed by atoms with Crippen molar-refractivity contribution in [3.05, 3.63) is 34.6 Å². The van der Waals surface area contributed by atoms with E-state index in [1.54, 1.807) is 12.5 Å². The van der Waals surface area contributed by atoms with Gasteiger partial charge >= 0.3 is 0 Å². The minimum atomic E-state index is -0.0496. The van der Waals surface area contributed by atoms with E-state index in [0.717, 1.165) is 23.6 Å². The van der Waals surface area contributed by atoms with Gasteiger partial charge in [-0.2, -0.15) is 5.10 Å². The van der Waals surface area contributed by atoms with E-state index in [4.69, 9.17) is 17.4 Å². The van der Waals surface area contributed by atoms with Crippen LogP contribution in [0.1, 0.15) is 30.0 Å². The van der Waals surface area contributed by atoms with Crippen molar-refractivity contribution in [3.8, 4) is 0 Å². The number of halogens is 1. The van der Waals surface area contributed by atoms with E-state index < -0.39 is 0 Å². The Hall–Kier alpha value is -1.37. The number of hydrogen-bond acceptors (Lipinski definition) is 4. The first-order chi connectivity index (χ1) is 9.08. The molecule has 0 aromatic carbocycles. The molecule has 0 bridgehead atoms. The number of hydrazine groups is 1. The quantitative estimate of drug-likeness (QED) is 0.641. The third-order valence-electron chi connectivity index (χ3n) is 3.26. The normalized spacial score (nSPS) is 12.9. The fourth-order valence-corrected chi connectivity index (χ4v) is 2.42. The molecule has 0 radical (unpaired) electrons. The lowest BCUT2D eigenvalue weighted by atomic mass is 10.1. The summed E-state index contributed by atoms with van der Waals surface area (Å²) in [6.45, 7) is 4.74. The van der Waals surface area contributed by atoms with Crippen LogP contribution in [-0.4, -0.2) is 19.3 Å². The van der Waals surface area contributed by atoms with Crippen LogP contribution in [-0.2, 0) is 20.0 Å². The van der Waals surface area contributed by atoms with E-state index >= 15 is 0 Å². The van der Waals surface area contributed by atoms with Gasteiger partial charge in [-0.25, -0.2) is 4.98 Å². The van der Waals surface area contributed by atoms with Crippen molar-refractivity contribution in [3.63, 3.8) is 0 Å². The van der Waals surface area contributed by atoms with Crippen molar-refractivity contribution < 1.29 is 0 Å². The summed E-state index contributed by atoms with van der Waals surface area (Å²) >= 11 is 6.32. The highest BCUT2D eigenvalue weighted by Crippen LogP contribution is 2.25. The number of rotatable bonds is 5. The lowest BCUT2D eigenvalue weighted by Gasteiger charge is -2.17. The van der Waals surface area contributed by atoms with Gasteiger partial charge in [0.15, 0.2) is 0 Å². The third kappa shape index (κ3) is 2.65. The summed E-state index contributed by atoms with van der Waals surface area (Å²) in [5.41, 5.74) is 5.67. The molecule has 0 fully saturated rings. The van der Waals surface area contributed by atoms with Gasteiger partial charge in [0, 0.05) is 26.2 Å². The number of hydrogen-bond donors (Lipinski definition) is 2. The van der Waals surface area contributed by atoms with Crippen molar-refractivity contribution in [1.82, 2.24) is 24.8 Å². The molecule has 19 heavy (non-hydrogen) atoms. The Labute approximate surface area is 117 Å². The van der Waals surface area contributed by atoms with Crippen LogP contribution in [0.5, 0.6) is 0 Å². The lowest BCUT2D eigenvalue weighted by Crippen LogP contribution is -2.31. The Bertz CT molecular complexity index is 559. The molecule has 2 aromatic heterocycles.